The second kappa shape index (κ2) is 5.16. The molecule has 0 amide bonds. The second-order valence-corrected chi connectivity index (χ2v) is 6.66. The van der Waals surface area contributed by atoms with Crippen LogP contribution in [0.5, 0.6) is 0 Å². The van der Waals surface area contributed by atoms with Gasteiger partial charge in [-0.05, 0) is 25.1 Å². The highest BCUT2D eigenvalue weighted by Crippen LogP contribution is 2.32. The van der Waals surface area contributed by atoms with Crippen LogP contribution in [-0.2, 0) is 0 Å². The molecule has 4 nitrogen and oxygen atoms in total. The van der Waals surface area contributed by atoms with Gasteiger partial charge in [0.05, 0.1) is 5.02 Å². The average molecular weight is 328 g/mol. The molecule has 0 atom stereocenters. The van der Waals surface area contributed by atoms with E-state index in [1.54, 1.807) is 13.0 Å². The lowest BCUT2D eigenvalue weighted by Gasteiger charge is -1.98. The van der Waals surface area contributed by atoms with E-state index < -0.39 is 5.82 Å². The van der Waals surface area contributed by atoms with Crippen LogP contribution in [0.4, 0.5) is 4.39 Å². The van der Waals surface area contributed by atoms with Crippen molar-refractivity contribution in [2.24, 2.45) is 0 Å². The lowest BCUT2D eigenvalue weighted by Crippen LogP contribution is -2.14. The summed E-state index contributed by atoms with van der Waals surface area (Å²) in [6.07, 6.45) is 0. The molecule has 1 aromatic carbocycles. The molecule has 0 saturated heterocycles. The quantitative estimate of drug-likeness (QED) is 0.723. The summed E-state index contributed by atoms with van der Waals surface area (Å²) in [5.41, 5.74) is 0.438. The normalized spacial score (nSPS) is 11.2. The van der Waals surface area contributed by atoms with Gasteiger partial charge in [0.15, 0.2) is 4.34 Å². The molecule has 102 valence electrons. The molecule has 20 heavy (non-hydrogen) atoms. The molecule has 0 aliphatic rings. The third kappa shape index (κ3) is 2.56. The smallest absolute Gasteiger partial charge is 0.267 e. The van der Waals surface area contributed by atoms with E-state index >= 15 is 0 Å². The number of hydrogen-bond donors (Lipinski definition) is 0. The van der Waals surface area contributed by atoms with Crippen molar-refractivity contribution in [2.75, 3.05) is 0 Å². The zero-order valence-electron chi connectivity index (χ0n) is 10.1. The van der Waals surface area contributed by atoms with Crippen LogP contribution in [0.25, 0.3) is 4.96 Å². The molecule has 8 heteroatoms. The molecule has 0 fully saturated rings. The number of nitrogens with zero attached hydrogens (tertiary/aromatic N) is 3. The third-order valence-electron chi connectivity index (χ3n) is 2.45. The van der Waals surface area contributed by atoms with Crippen LogP contribution in [-0.4, -0.2) is 14.6 Å². The summed E-state index contributed by atoms with van der Waals surface area (Å²) < 4.78 is 15.0. The summed E-state index contributed by atoms with van der Waals surface area (Å²) in [6.45, 7) is 1.76. The standard InChI is InChI=1S/C12H7ClFN3OS2/c1-6-4-10(18)17-11(15-6)20-12(16-17)19-7-2-3-9(14)8(13)5-7/h2-5H,1H3. The van der Waals surface area contributed by atoms with E-state index in [4.69, 9.17) is 11.6 Å². The lowest BCUT2D eigenvalue weighted by molar-refractivity contribution is 0.627. The first-order chi connectivity index (χ1) is 9.52. The molecule has 0 saturated carbocycles. The Morgan fingerprint density at radius 1 is 1.40 bits per heavy atom. The van der Waals surface area contributed by atoms with Gasteiger partial charge < -0.3 is 0 Å². The topological polar surface area (TPSA) is 47.3 Å². The molecule has 3 aromatic rings. The summed E-state index contributed by atoms with van der Waals surface area (Å²) in [6, 6.07) is 5.86. The number of fused-ring (bicyclic) bond motifs is 1. The van der Waals surface area contributed by atoms with Gasteiger partial charge in [0.1, 0.15) is 5.82 Å². The molecule has 0 N–H and O–H groups in total. The van der Waals surface area contributed by atoms with Crippen LogP contribution in [0.1, 0.15) is 5.69 Å². The fourth-order valence-electron chi connectivity index (χ4n) is 1.59. The van der Waals surface area contributed by atoms with Crippen molar-refractivity contribution in [1.82, 2.24) is 14.6 Å². The fourth-order valence-corrected chi connectivity index (χ4v) is 3.83. The minimum absolute atomic E-state index is 0.0576. The molecule has 3 rings (SSSR count). The summed E-state index contributed by atoms with van der Waals surface area (Å²) in [5.74, 6) is -0.464. The summed E-state index contributed by atoms with van der Waals surface area (Å²) in [4.78, 5) is 17.3. The van der Waals surface area contributed by atoms with Crippen molar-refractivity contribution in [3.8, 4) is 0 Å². The number of hydrogen-bond acceptors (Lipinski definition) is 5. The zero-order chi connectivity index (χ0) is 14.3. The van der Waals surface area contributed by atoms with Gasteiger partial charge in [-0.15, -0.1) is 5.10 Å². The van der Waals surface area contributed by atoms with Crippen LogP contribution in [0, 0.1) is 12.7 Å². The Bertz CT molecular complexity index is 862. The number of benzene rings is 1. The van der Waals surface area contributed by atoms with Crippen LogP contribution in [0.2, 0.25) is 5.02 Å². The Kier molecular flexibility index (Phi) is 3.49. The molecule has 0 unspecified atom stereocenters. The average Bonchev–Trinajstić information content (AvgIpc) is 2.76. The van der Waals surface area contributed by atoms with Gasteiger partial charge in [-0.25, -0.2) is 9.37 Å². The van der Waals surface area contributed by atoms with Crippen molar-refractivity contribution in [2.45, 2.75) is 16.2 Å². The van der Waals surface area contributed by atoms with E-state index in [1.165, 1.54) is 45.8 Å². The first kappa shape index (κ1) is 13.5. The van der Waals surface area contributed by atoms with E-state index in [2.05, 4.69) is 10.1 Å². The number of aromatic nitrogens is 3. The minimum Gasteiger partial charge on any atom is -0.267 e. The van der Waals surface area contributed by atoms with E-state index in [9.17, 15) is 9.18 Å². The van der Waals surface area contributed by atoms with Crippen molar-refractivity contribution < 1.29 is 4.39 Å². The third-order valence-corrected chi connectivity index (χ3v) is 4.69. The van der Waals surface area contributed by atoms with E-state index in [0.29, 0.717) is 15.0 Å². The van der Waals surface area contributed by atoms with Crippen molar-refractivity contribution >= 4 is 39.7 Å². The summed E-state index contributed by atoms with van der Waals surface area (Å²) in [7, 11) is 0. The predicted octanol–water partition coefficient (Wildman–Crippen LogP) is 3.40. The van der Waals surface area contributed by atoms with Crippen LogP contribution in [0.3, 0.4) is 0 Å². The van der Waals surface area contributed by atoms with Crippen molar-refractivity contribution in [3.63, 3.8) is 0 Å². The Hall–Kier alpha value is -1.44. The molecule has 0 aliphatic heterocycles. The van der Waals surface area contributed by atoms with E-state index in [1.807, 2.05) is 0 Å². The highest BCUT2D eigenvalue weighted by Gasteiger charge is 2.10. The highest BCUT2D eigenvalue weighted by molar-refractivity contribution is 8.01. The van der Waals surface area contributed by atoms with Gasteiger partial charge in [-0.1, -0.05) is 34.7 Å². The molecule has 2 aromatic heterocycles. The Labute approximate surface area is 126 Å². The van der Waals surface area contributed by atoms with Crippen LogP contribution in [0.15, 0.2) is 38.3 Å². The van der Waals surface area contributed by atoms with Gasteiger partial charge in [-0.3, -0.25) is 4.79 Å². The lowest BCUT2D eigenvalue weighted by atomic mass is 10.3. The maximum atomic E-state index is 13.1. The van der Waals surface area contributed by atoms with Gasteiger partial charge in [0.25, 0.3) is 5.56 Å². The maximum absolute atomic E-state index is 13.1. The monoisotopic (exact) mass is 327 g/mol. The van der Waals surface area contributed by atoms with Crippen molar-refractivity contribution in [3.05, 3.63) is 51.2 Å². The Morgan fingerprint density at radius 2 is 2.20 bits per heavy atom. The molecule has 0 spiro atoms. The largest absolute Gasteiger partial charge is 0.275 e. The van der Waals surface area contributed by atoms with Crippen molar-refractivity contribution in [1.29, 1.82) is 0 Å². The van der Waals surface area contributed by atoms with Gasteiger partial charge in [0, 0.05) is 16.7 Å². The fraction of sp³-hybridized carbons (Fsp3) is 0.0833. The van der Waals surface area contributed by atoms with Gasteiger partial charge in [0.2, 0.25) is 4.96 Å². The number of aryl methyl sites for hydroxylation is 1. The molecule has 2 heterocycles. The molecular weight excluding hydrogens is 321 g/mol. The molecular formula is C12H7ClFN3OS2. The van der Waals surface area contributed by atoms with Gasteiger partial charge >= 0.3 is 0 Å². The molecule has 0 bridgehead atoms. The minimum atomic E-state index is -0.464. The molecule has 0 aliphatic carbocycles. The van der Waals surface area contributed by atoms with Crippen LogP contribution < -0.4 is 5.56 Å². The first-order valence-corrected chi connectivity index (χ1v) is 7.54. The Balaban J connectivity index is 2.00. The Morgan fingerprint density at radius 3 is 2.95 bits per heavy atom. The van der Waals surface area contributed by atoms with E-state index in [-0.39, 0.29) is 10.6 Å². The van der Waals surface area contributed by atoms with E-state index in [0.717, 1.165) is 4.90 Å². The molecule has 0 radical (unpaired) electrons. The summed E-state index contributed by atoms with van der Waals surface area (Å²) in [5, 5.41) is 4.24. The predicted molar refractivity (Wildman–Crippen MR) is 77.4 cm³/mol. The van der Waals surface area contributed by atoms with Gasteiger partial charge in [-0.2, -0.15) is 4.52 Å². The summed E-state index contributed by atoms with van der Waals surface area (Å²) >= 11 is 8.34. The zero-order valence-corrected chi connectivity index (χ0v) is 12.5. The number of halogens is 2. The maximum Gasteiger partial charge on any atom is 0.275 e. The second-order valence-electron chi connectivity index (χ2n) is 3.98. The SMILES string of the molecule is Cc1cc(=O)n2nc(Sc3ccc(F)c(Cl)c3)sc2n1. The van der Waals surface area contributed by atoms with Crippen LogP contribution >= 0.6 is 34.7 Å². The highest BCUT2D eigenvalue weighted by atomic mass is 35.5. The first-order valence-electron chi connectivity index (χ1n) is 5.53. The number of rotatable bonds is 2.